The summed E-state index contributed by atoms with van der Waals surface area (Å²) >= 11 is 0. The van der Waals surface area contributed by atoms with Crippen LogP contribution in [0.5, 0.6) is 5.75 Å². The standard InChI is InChI=1S/C30H32N4O4/c1-38-26-14-8-11-24(20-26)31-27(35)21-33-22-34(25-12-6-3-7-13-25)30(29(33)37)15-17-32(18-16-30)28(36)19-23-9-4-2-5-10-23/h2-14,20H,15-19,21-22H2,1H3,(H,31,35). The number of nitrogens with one attached hydrogen (secondary N) is 1. The predicted octanol–water partition coefficient (Wildman–Crippen LogP) is 3.54. The molecule has 0 bridgehead atoms. The first-order valence-electron chi connectivity index (χ1n) is 12.9. The van der Waals surface area contributed by atoms with Crippen LogP contribution in [0.25, 0.3) is 0 Å². The van der Waals surface area contributed by atoms with Gasteiger partial charge in [-0.25, -0.2) is 0 Å². The molecular weight excluding hydrogens is 480 g/mol. The number of carbonyl (C=O) groups excluding carboxylic acids is 3. The number of benzene rings is 3. The van der Waals surface area contributed by atoms with E-state index in [0.717, 1.165) is 11.3 Å². The van der Waals surface area contributed by atoms with Gasteiger partial charge in [0.2, 0.25) is 11.8 Å². The van der Waals surface area contributed by atoms with Crippen molar-refractivity contribution < 1.29 is 19.1 Å². The van der Waals surface area contributed by atoms with Crippen LogP contribution < -0.4 is 15.0 Å². The van der Waals surface area contributed by atoms with Crippen LogP contribution in [-0.4, -0.2) is 66.5 Å². The molecule has 2 aliphatic heterocycles. The summed E-state index contributed by atoms with van der Waals surface area (Å²) in [4.78, 5) is 45.4. The van der Waals surface area contributed by atoms with Crippen LogP contribution >= 0.6 is 0 Å². The van der Waals surface area contributed by atoms with Gasteiger partial charge in [0.25, 0.3) is 5.91 Å². The molecule has 0 saturated carbocycles. The first-order chi connectivity index (χ1) is 18.5. The summed E-state index contributed by atoms with van der Waals surface area (Å²) in [5, 5.41) is 2.87. The largest absolute Gasteiger partial charge is 0.497 e. The van der Waals surface area contributed by atoms with Crippen LogP contribution in [0.1, 0.15) is 18.4 Å². The van der Waals surface area contributed by atoms with E-state index in [1.54, 1.807) is 36.3 Å². The van der Waals surface area contributed by atoms with Gasteiger partial charge in [0, 0.05) is 30.5 Å². The number of rotatable bonds is 7. The minimum Gasteiger partial charge on any atom is -0.497 e. The van der Waals surface area contributed by atoms with E-state index < -0.39 is 5.54 Å². The summed E-state index contributed by atoms with van der Waals surface area (Å²) in [5.41, 5.74) is 1.73. The fraction of sp³-hybridized carbons (Fsp3) is 0.300. The third-order valence-electron chi connectivity index (χ3n) is 7.41. The second-order valence-electron chi connectivity index (χ2n) is 9.76. The van der Waals surface area contributed by atoms with Gasteiger partial charge < -0.3 is 24.8 Å². The summed E-state index contributed by atoms with van der Waals surface area (Å²) < 4.78 is 5.23. The highest BCUT2D eigenvalue weighted by Gasteiger charge is 2.54. The third kappa shape index (κ3) is 5.20. The van der Waals surface area contributed by atoms with Crippen LogP contribution in [-0.2, 0) is 20.8 Å². The van der Waals surface area contributed by atoms with Crippen molar-refractivity contribution in [3.63, 3.8) is 0 Å². The average Bonchev–Trinajstić information content (AvgIpc) is 3.20. The number of nitrogens with zero attached hydrogens (tertiary/aromatic N) is 3. The van der Waals surface area contributed by atoms with Crippen molar-refractivity contribution in [2.45, 2.75) is 24.8 Å². The Morgan fingerprint density at radius 2 is 1.61 bits per heavy atom. The molecule has 2 fully saturated rings. The first-order valence-corrected chi connectivity index (χ1v) is 12.9. The van der Waals surface area contributed by atoms with Crippen molar-refractivity contribution in [2.24, 2.45) is 0 Å². The molecule has 3 aromatic rings. The number of methoxy groups -OCH3 is 1. The van der Waals surface area contributed by atoms with Crippen molar-refractivity contribution in [3.05, 3.63) is 90.5 Å². The van der Waals surface area contributed by atoms with Gasteiger partial charge in [0.05, 0.1) is 20.2 Å². The second kappa shape index (κ2) is 11.0. The van der Waals surface area contributed by atoms with Gasteiger partial charge in [-0.05, 0) is 42.7 Å². The monoisotopic (exact) mass is 512 g/mol. The summed E-state index contributed by atoms with van der Waals surface area (Å²) in [5.74, 6) is 0.365. The number of piperidine rings is 1. The number of amides is 3. The molecule has 0 atom stereocenters. The molecule has 0 aliphatic carbocycles. The molecule has 8 nitrogen and oxygen atoms in total. The van der Waals surface area contributed by atoms with Gasteiger partial charge in [0.1, 0.15) is 17.8 Å². The summed E-state index contributed by atoms with van der Waals surface area (Å²) in [6.45, 7) is 1.24. The zero-order valence-corrected chi connectivity index (χ0v) is 21.5. The van der Waals surface area contributed by atoms with Gasteiger partial charge in [-0.15, -0.1) is 0 Å². The Balaban J connectivity index is 1.30. The highest BCUT2D eigenvalue weighted by Crippen LogP contribution is 2.39. The predicted molar refractivity (Wildman–Crippen MR) is 146 cm³/mol. The zero-order valence-electron chi connectivity index (χ0n) is 21.5. The second-order valence-corrected chi connectivity index (χ2v) is 9.76. The molecular formula is C30H32N4O4. The van der Waals surface area contributed by atoms with Crippen molar-refractivity contribution in [1.29, 1.82) is 0 Å². The Labute approximate surface area is 222 Å². The maximum atomic E-state index is 13.9. The van der Waals surface area contributed by atoms with Crippen LogP contribution in [0.4, 0.5) is 11.4 Å². The maximum Gasteiger partial charge on any atom is 0.250 e. The van der Waals surface area contributed by atoms with E-state index in [1.165, 1.54) is 0 Å². The van der Waals surface area contributed by atoms with Crippen molar-refractivity contribution >= 4 is 29.1 Å². The normalized spacial score (nSPS) is 16.6. The smallest absolute Gasteiger partial charge is 0.250 e. The number of hydrogen-bond donors (Lipinski definition) is 1. The summed E-state index contributed by atoms with van der Waals surface area (Å²) in [6.07, 6.45) is 1.37. The van der Waals surface area contributed by atoms with E-state index in [4.69, 9.17) is 4.74 Å². The molecule has 0 radical (unpaired) electrons. The van der Waals surface area contributed by atoms with Crippen LogP contribution in [0.2, 0.25) is 0 Å². The molecule has 2 heterocycles. The first kappa shape index (κ1) is 25.3. The molecule has 8 heteroatoms. The molecule has 2 aliphatic rings. The van der Waals surface area contributed by atoms with Crippen LogP contribution in [0.15, 0.2) is 84.9 Å². The lowest BCUT2D eigenvalue weighted by atomic mass is 9.85. The molecule has 2 saturated heterocycles. The fourth-order valence-electron chi connectivity index (χ4n) is 5.41. The van der Waals surface area contributed by atoms with Gasteiger partial charge in [-0.1, -0.05) is 54.6 Å². The molecule has 3 aromatic carbocycles. The molecule has 5 rings (SSSR count). The topological polar surface area (TPSA) is 82.2 Å². The van der Waals surface area contributed by atoms with E-state index in [9.17, 15) is 14.4 Å². The molecule has 3 amide bonds. The van der Waals surface area contributed by atoms with Crippen molar-refractivity contribution in [2.75, 3.05) is 43.6 Å². The molecule has 0 unspecified atom stereocenters. The van der Waals surface area contributed by atoms with E-state index >= 15 is 0 Å². The zero-order chi connectivity index (χ0) is 26.5. The lowest BCUT2D eigenvalue weighted by Gasteiger charge is -2.43. The maximum absolute atomic E-state index is 13.9. The highest BCUT2D eigenvalue weighted by molar-refractivity contribution is 5.99. The highest BCUT2D eigenvalue weighted by atomic mass is 16.5. The minimum atomic E-state index is -0.791. The number of para-hydroxylation sites is 1. The molecule has 1 spiro atoms. The Bertz CT molecular complexity index is 1290. The summed E-state index contributed by atoms with van der Waals surface area (Å²) in [6, 6.07) is 26.7. The Kier molecular flexibility index (Phi) is 7.31. The SMILES string of the molecule is COc1cccc(NC(=O)CN2CN(c3ccccc3)C3(CCN(C(=O)Cc4ccccc4)CC3)C2=O)c1. The van der Waals surface area contributed by atoms with E-state index in [2.05, 4.69) is 10.2 Å². The van der Waals surface area contributed by atoms with Gasteiger partial charge in [0.15, 0.2) is 0 Å². The van der Waals surface area contributed by atoms with Gasteiger partial charge in [-0.3, -0.25) is 14.4 Å². The van der Waals surface area contributed by atoms with Crippen LogP contribution in [0, 0.1) is 0 Å². The number of ether oxygens (including phenoxy) is 1. The van der Waals surface area contributed by atoms with E-state index in [-0.39, 0.29) is 24.3 Å². The van der Waals surface area contributed by atoms with Crippen molar-refractivity contribution in [3.8, 4) is 5.75 Å². The summed E-state index contributed by atoms with van der Waals surface area (Å²) in [7, 11) is 1.57. The average molecular weight is 513 g/mol. The van der Waals surface area contributed by atoms with Crippen LogP contribution in [0.3, 0.4) is 0 Å². The third-order valence-corrected chi connectivity index (χ3v) is 7.41. The number of anilines is 2. The Morgan fingerprint density at radius 3 is 2.29 bits per heavy atom. The van der Waals surface area contributed by atoms with Gasteiger partial charge in [-0.2, -0.15) is 0 Å². The fourth-order valence-corrected chi connectivity index (χ4v) is 5.41. The molecule has 1 N–H and O–H groups in total. The Hall–Kier alpha value is -4.33. The quantitative estimate of drug-likeness (QED) is 0.524. The van der Waals surface area contributed by atoms with E-state index in [1.807, 2.05) is 65.6 Å². The lowest BCUT2D eigenvalue weighted by Crippen LogP contribution is -2.57. The number of carbonyl (C=O) groups is 3. The number of hydrogen-bond acceptors (Lipinski definition) is 5. The number of likely N-dealkylation sites (tertiary alicyclic amines) is 1. The van der Waals surface area contributed by atoms with E-state index in [0.29, 0.717) is 50.5 Å². The Morgan fingerprint density at radius 1 is 0.921 bits per heavy atom. The van der Waals surface area contributed by atoms with Crippen molar-refractivity contribution in [1.82, 2.24) is 9.80 Å². The minimum absolute atomic E-state index is 0.0578. The van der Waals surface area contributed by atoms with Gasteiger partial charge >= 0.3 is 0 Å². The molecule has 196 valence electrons. The molecule has 38 heavy (non-hydrogen) atoms. The lowest BCUT2D eigenvalue weighted by molar-refractivity contribution is -0.139. The molecule has 0 aromatic heterocycles.